The van der Waals surface area contributed by atoms with Gasteiger partial charge >= 0.3 is 0 Å². The van der Waals surface area contributed by atoms with E-state index in [1.165, 1.54) is 36.9 Å². The summed E-state index contributed by atoms with van der Waals surface area (Å²) in [6.45, 7) is 3.48. The molecule has 0 radical (unpaired) electrons. The number of aromatic nitrogens is 3. The Morgan fingerprint density at radius 3 is 2.70 bits per heavy atom. The van der Waals surface area contributed by atoms with Crippen molar-refractivity contribution in [1.29, 1.82) is 0 Å². The van der Waals surface area contributed by atoms with E-state index < -0.39 is 0 Å². The molecule has 122 valence electrons. The molecule has 0 bridgehead atoms. The monoisotopic (exact) mass is 312 g/mol. The Morgan fingerprint density at radius 1 is 1.04 bits per heavy atom. The minimum absolute atomic E-state index is 0.185. The molecule has 0 aromatic carbocycles. The Bertz CT molecular complexity index is 621. The van der Waals surface area contributed by atoms with E-state index >= 15 is 0 Å². The van der Waals surface area contributed by atoms with Crippen molar-refractivity contribution in [3.63, 3.8) is 0 Å². The first-order valence-corrected chi connectivity index (χ1v) is 8.64. The minimum Gasteiger partial charge on any atom is -0.370 e. The Hall–Kier alpha value is -1.72. The predicted octanol–water partition coefficient (Wildman–Crippen LogP) is 2.62. The standard InChI is InChI=1S/C18H24N4O/c1-2-4-16(3-1)21-11-17-7-10-20-22(17)13-18(12-21)23-14-15-5-8-19-9-6-15/h5-10,16,18H,1-4,11-14H2. The van der Waals surface area contributed by atoms with Gasteiger partial charge in [0.2, 0.25) is 0 Å². The number of rotatable bonds is 4. The van der Waals surface area contributed by atoms with Gasteiger partial charge in [0.25, 0.3) is 0 Å². The number of hydrogen-bond acceptors (Lipinski definition) is 4. The summed E-state index contributed by atoms with van der Waals surface area (Å²) in [5, 5.41) is 4.48. The second-order valence-corrected chi connectivity index (χ2v) is 6.66. The van der Waals surface area contributed by atoms with Gasteiger partial charge in [0.15, 0.2) is 0 Å². The molecule has 0 spiro atoms. The smallest absolute Gasteiger partial charge is 0.0902 e. The Kier molecular flexibility index (Phi) is 4.39. The van der Waals surface area contributed by atoms with E-state index in [-0.39, 0.29) is 6.10 Å². The van der Waals surface area contributed by atoms with E-state index in [2.05, 4.69) is 25.7 Å². The Morgan fingerprint density at radius 2 is 1.87 bits per heavy atom. The third-order valence-electron chi connectivity index (χ3n) is 5.06. The van der Waals surface area contributed by atoms with Crippen LogP contribution in [0, 0.1) is 0 Å². The van der Waals surface area contributed by atoms with Crippen molar-refractivity contribution in [2.75, 3.05) is 6.54 Å². The summed E-state index contributed by atoms with van der Waals surface area (Å²) in [6, 6.07) is 6.89. The van der Waals surface area contributed by atoms with E-state index in [4.69, 9.17) is 4.74 Å². The molecule has 1 atom stereocenters. The highest BCUT2D eigenvalue weighted by Gasteiger charge is 2.29. The summed E-state index contributed by atoms with van der Waals surface area (Å²) in [7, 11) is 0. The lowest BCUT2D eigenvalue weighted by Gasteiger charge is -2.29. The van der Waals surface area contributed by atoms with Gasteiger partial charge in [-0.25, -0.2) is 0 Å². The van der Waals surface area contributed by atoms with Gasteiger partial charge in [0.1, 0.15) is 0 Å². The van der Waals surface area contributed by atoms with Gasteiger partial charge in [-0.05, 0) is 36.6 Å². The van der Waals surface area contributed by atoms with Gasteiger partial charge in [0, 0.05) is 37.7 Å². The van der Waals surface area contributed by atoms with E-state index in [1.807, 2.05) is 30.7 Å². The summed E-state index contributed by atoms with van der Waals surface area (Å²) < 4.78 is 8.35. The highest BCUT2D eigenvalue weighted by atomic mass is 16.5. The quantitative estimate of drug-likeness (QED) is 0.870. The van der Waals surface area contributed by atoms with E-state index in [9.17, 15) is 0 Å². The van der Waals surface area contributed by atoms with Crippen LogP contribution in [0.5, 0.6) is 0 Å². The average Bonchev–Trinajstić information content (AvgIpc) is 3.23. The van der Waals surface area contributed by atoms with Crippen molar-refractivity contribution in [2.24, 2.45) is 0 Å². The highest BCUT2D eigenvalue weighted by Crippen LogP contribution is 2.27. The summed E-state index contributed by atoms with van der Waals surface area (Å²) in [5.41, 5.74) is 2.49. The Balaban J connectivity index is 1.47. The van der Waals surface area contributed by atoms with Crippen molar-refractivity contribution in [3.8, 4) is 0 Å². The third-order valence-corrected chi connectivity index (χ3v) is 5.06. The normalized spacial score (nSPS) is 22.9. The number of fused-ring (bicyclic) bond motifs is 1. The minimum atomic E-state index is 0.185. The molecule has 1 aliphatic carbocycles. The summed E-state index contributed by atoms with van der Waals surface area (Å²) in [5.74, 6) is 0. The Labute approximate surface area is 137 Å². The fourth-order valence-corrected chi connectivity index (χ4v) is 3.79. The van der Waals surface area contributed by atoms with Crippen LogP contribution < -0.4 is 0 Å². The first kappa shape index (κ1) is 14.8. The fraction of sp³-hybridized carbons (Fsp3) is 0.556. The first-order valence-electron chi connectivity index (χ1n) is 8.64. The van der Waals surface area contributed by atoms with Gasteiger partial charge in [-0.3, -0.25) is 14.6 Å². The number of ether oxygens (including phenoxy) is 1. The average molecular weight is 312 g/mol. The van der Waals surface area contributed by atoms with Crippen LogP contribution in [-0.2, 0) is 24.4 Å². The first-order chi connectivity index (χ1) is 11.4. The van der Waals surface area contributed by atoms with Crippen molar-refractivity contribution in [3.05, 3.63) is 48.0 Å². The second-order valence-electron chi connectivity index (χ2n) is 6.66. The van der Waals surface area contributed by atoms with Crippen LogP contribution in [-0.4, -0.2) is 38.4 Å². The summed E-state index contributed by atoms with van der Waals surface area (Å²) in [4.78, 5) is 6.68. The topological polar surface area (TPSA) is 43.2 Å². The number of pyridine rings is 1. The van der Waals surface area contributed by atoms with Crippen LogP contribution in [0.25, 0.3) is 0 Å². The van der Waals surface area contributed by atoms with Crippen LogP contribution in [0.4, 0.5) is 0 Å². The molecule has 2 aliphatic rings. The molecule has 0 N–H and O–H groups in total. The zero-order valence-electron chi connectivity index (χ0n) is 13.5. The van der Waals surface area contributed by atoms with E-state index in [0.29, 0.717) is 12.6 Å². The molecular weight excluding hydrogens is 288 g/mol. The molecule has 2 aromatic rings. The van der Waals surface area contributed by atoms with E-state index in [1.54, 1.807) is 0 Å². The lowest BCUT2D eigenvalue weighted by atomic mass is 10.2. The molecule has 23 heavy (non-hydrogen) atoms. The number of hydrogen-bond donors (Lipinski definition) is 0. The predicted molar refractivity (Wildman–Crippen MR) is 87.7 cm³/mol. The van der Waals surface area contributed by atoms with E-state index in [0.717, 1.165) is 19.6 Å². The zero-order valence-corrected chi connectivity index (χ0v) is 13.5. The lowest BCUT2D eigenvalue weighted by molar-refractivity contribution is 0.000580. The molecule has 3 heterocycles. The molecule has 1 saturated carbocycles. The SMILES string of the molecule is c1cc(COC2CN(C3CCCC3)Cc3ccnn3C2)ccn1. The molecular formula is C18H24N4O. The lowest BCUT2D eigenvalue weighted by Crippen LogP contribution is -2.38. The molecule has 2 aromatic heterocycles. The maximum Gasteiger partial charge on any atom is 0.0902 e. The molecule has 1 fully saturated rings. The molecule has 5 heteroatoms. The van der Waals surface area contributed by atoms with Gasteiger partial charge in [-0.15, -0.1) is 0 Å². The molecule has 0 saturated heterocycles. The summed E-state index contributed by atoms with van der Waals surface area (Å²) >= 11 is 0. The maximum atomic E-state index is 6.23. The van der Waals surface area contributed by atoms with Crippen LogP contribution in [0.15, 0.2) is 36.8 Å². The summed E-state index contributed by atoms with van der Waals surface area (Å²) in [6.07, 6.45) is 11.1. The van der Waals surface area contributed by atoms with Crippen LogP contribution >= 0.6 is 0 Å². The van der Waals surface area contributed by atoms with Crippen molar-refractivity contribution in [1.82, 2.24) is 19.7 Å². The van der Waals surface area contributed by atoms with Gasteiger partial charge in [-0.2, -0.15) is 5.10 Å². The molecule has 1 aliphatic heterocycles. The van der Waals surface area contributed by atoms with Gasteiger partial charge < -0.3 is 4.74 Å². The van der Waals surface area contributed by atoms with Crippen LogP contribution in [0.2, 0.25) is 0 Å². The largest absolute Gasteiger partial charge is 0.370 e. The molecule has 1 unspecified atom stereocenters. The number of nitrogens with zero attached hydrogens (tertiary/aromatic N) is 4. The van der Waals surface area contributed by atoms with Crippen molar-refractivity contribution < 1.29 is 4.74 Å². The zero-order chi connectivity index (χ0) is 15.5. The third kappa shape index (κ3) is 3.46. The molecule has 5 nitrogen and oxygen atoms in total. The van der Waals surface area contributed by atoms with Crippen molar-refractivity contribution in [2.45, 2.75) is 57.5 Å². The van der Waals surface area contributed by atoms with Crippen LogP contribution in [0.3, 0.4) is 0 Å². The highest BCUT2D eigenvalue weighted by molar-refractivity contribution is 5.08. The molecule has 0 amide bonds. The maximum absolute atomic E-state index is 6.23. The van der Waals surface area contributed by atoms with Gasteiger partial charge in [-0.1, -0.05) is 12.8 Å². The van der Waals surface area contributed by atoms with Crippen molar-refractivity contribution >= 4 is 0 Å². The van der Waals surface area contributed by atoms with Gasteiger partial charge in [0.05, 0.1) is 24.9 Å². The van der Waals surface area contributed by atoms with Crippen LogP contribution in [0.1, 0.15) is 36.9 Å². The fourth-order valence-electron chi connectivity index (χ4n) is 3.79. The second kappa shape index (κ2) is 6.81. The molecule has 4 rings (SSSR count).